The topological polar surface area (TPSA) is 71.2 Å². The second-order valence-electron chi connectivity index (χ2n) is 4.32. The Morgan fingerprint density at radius 2 is 2.05 bits per heavy atom. The summed E-state index contributed by atoms with van der Waals surface area (Å²) in [6, 6.07) is 3.70. The van der Waals surface area contributed by atoms with Crippen molar-refractivity contribution in [2.75, 3.05) is 29.9 Å². The first-order valence-electron chi connectivity index (χ1n) is 6.64. The summed E-state index contributed by atoms with van der Waals surface area (Å²) in [5.74, 6) is 0.484. The highest BCUT2D eigenvalue weighted by Crippen LogP contribution is 2.15. The summed E-state index contributed by atoms with van der Waals surface area (Å²) >= 11 is 0. The number of aromatic nitrogens is 1. The molecule has 1 rings (SSSR count). The Kier molecular flexibility index (Phi) is 7.06. The maximum atomic E-state index is 11.6. The molecular formula is C15H22N4O. The lowest BCUT2D eigenvalue weighted by Crippen LogP contribution is -2.23. The molecule has 0 bridgehead atoms. The zero-order chi connectivity index (χ0) is 14.8. The zero-order valence-electron chi connectivity index (χ0n) is 11.7. The molecule has 1 aromatic rings. The van der Waals surface area contributed by atoms with Crippen molar-refractivity contribution >= 4 is 17.4 Å². The van der Waals surface area contributed by atoms with Gasteiger partial charge < -0.3 is 16.0 Å². The fourth-order valence-electron chi connectivity index (χ4n) is 1.71. The van der Waals surface area contributed by atoms with Gasteiger partial charge in [0.25, 0.3) is 0 Å². The van der Waals surface area contributed by atoms with Gasteiger partial charge in [-0.2, -0.15) is 0 Å². The highest BCUT2D eigenvalue weighted by Gasteiger charge is 2.05. The van der Waals surface area contributed by atoms with Gasteiger partial charge in [0, 0.05) is 19.5 Å². The lowest BCUT2D eigenvalue weighted by Gasteiger charge is -2.21. The van der Waals surface area contributed by atoms with Crippen LogP contribution in [0.4, 0.5) is 11.5 Å². The number of rotatable bonds is 9. The van der Waals surface area contributed by atoms with Crippen LogP contribution in [0.15, 0.2) is 43.6 Å². The quantitative estimate of drug-likeness (QED) is 0.675. The molecule has 0 saturated heterocycles. The molecule has 0 fully saturated rings. The molecule has 20 heavy (non-hydrogen) atoms. The smallest absolute Gasteiger partial charge is 0.225 e. The van der Waals surface area contributed by atoms with Crippen molar-refractivity contribution in [1.29, 1.82) is 0 Å². The Morgan fingerprint density at radius 3 is 2.55 bits per heavy atom. The van der Waals surface area contributed by atoms with Crippen LogP contribution >= 0.6 is 0 Å². The van der Waals surface area contributed by atoms with Crippen molar-refractivity contribution in [3.8, 4) is 0 Å². The number of carbonyl (C=O) groups excluding carboxylic acids is 1. The van der Waals surface area contributed by atoms with Gasteiger partial charge in [-0.25, -0.2) is 4.98 Å². The Morgan fingerprint density at radius 1 is 1.35 bits per heavy atom. The largest absolute Gasteiger partial charge is 0.363 e. The molecule has 108 valence electrons. The van der Waals surface area contributed by atoms with Gasteiger partial charge in [0.05, 0.1) is 11.9 Å². The predicted molar refractivity (Wildman–Crippen MR) is 83.8 cm³/mol. The van der Waals surface area contributed by atoms with E-state index in [1.54, 1.807) is 12.3 Å². The fourth-order valence-corrected chi connectivity index (χ4v) is 1.71. The molecule has 0 spiro atoms. The number of nitrogens with one attached hydrogen (secondary N) is 1. The normalized spacial score (nSPS) is 9.85. The number of hydrogen-bond donors (Lipinski definition) is 2. The highest BCUT2D eigenvalue weighted by molar-refractivity contribution is 5.89. The van der Waals surface area contributed by atoms with Crippen LogP contribution in [0.2, 0.25) is 0 Å². The van der Waals surface area contributed by atoms with Crippen LogP contribution in [0.1, 0.15) is 12.8 Å². The van der Waals surface area contributed by atoms with Crippen LogP contribution in [0.5, 0.6) is 0 Å². The highest BCUT2D eigenvalue weighted by atomic mass is 16.1. The number of nitrogens with zero attached hydrogens (tertiary/aromatic N) is 2. The van der Waals surface area contributed by atoms with Gasteiger partial charge in [-0.05, 0) is 25.1 Å². The lowest BCUT2D eigenvalue weighted by molar-refractivity contribution is -0.116. The Bertz CT molecular complexity index is 432. The maximum Gasteiger partial charge on any atom is 0.225 e. The molecule has 5 nitrogen and oxygen atoms in total. The molecule has 1 amide bonds. The van der Waals surface area contributed by atoms with E-state index in [0.717, 1.165) is 18.8 Å². The van der Waals surface area contributed by atoms with E-state index in [1.807, 2.05) is 18.2 Å². The minimum atomic E-state index is -0.0651. The fraction of sp³-hybridized carbons (Fsp3) is 0.333. The SMILES string of the molecule is C=CCN(CC=C)c1ccc(NC(=O)CCCN)nc1. The van der Waals surface area contributed by atoms with E-state index in [9.17, 15) is 4.79 Å². The number of nitrogens with two attached hydrogens (primary N) is 1. The van der Waals surface area contributed by atoms with E-state index in [0.29, 0.717) is 25.2 Å². The summed E-state index contributed by atoms with van der Waals surface area (Å²) < 4.78 is 0. The zero-order valence-corrected chi connectivity index (χ0v) is 11.7. The first-order chi connectivity index (χ1) is 9.71. The van der Waals surface area contributed by atoms with E-state index < -0.39 is 0 Å². The number of hydrogen-bond acceptors (Lipinski definition) is 4. The molecule has 0 radical (unpaired) electrons. The standard InChI is InChI=1S/C15H22N4O/c1-3-10-19(11-4-2)13-7-8-14(17-12-13)18-15(20)6-5-9-16/h3-4,7-8,12H,1-2,5-6,9-11,16H2,(H,17,18,20). The second-order valence-corrected chi connectivity index (χ2v) is 4.32. The molecule has 1 heterocycles. The van der Waals surface area contributed by atoms with Crippen LogP contribution in [0, 0.1) is 0 Å². The third-order valence-corrected chi connectivity index (χ3v) is 2.69. The van der Waals surface area contributed by atoms with Crippen molar-refractivity contribution in [1.82, 2.24) is 4.98 Å². The number of anilines is 2. The molecule has 0 unspecified atom stereocenters. The minimum Gasteiger partial charge on any atom is -0.363 e. The summed E-state index contributed by atoms with van der Waals surface area (Å²) in [5.41, 5.74) is 6.33. The summed E-state index contributed by atoms with van der Waals surface area (Å²) in [6.45, 7) is 9.41. The monoisotopic (exact) mass is 274 g/mol. The van der Waals surface area contributed by atoms with Crippen molar-refractivity contribution in [3.63, 3.8) is 0 Å². The second kappa shape index (κ2) is 8.87. The molecule has 0 atom stereocenters. The van der Waals surface area contributed by atoms with Gasteiger partial charge >= 0.3 is 0 Å². The number of carbonyl (C=O) groups is 1. The Labute approximate surface area is 120 Å². The van der Waals surface area contributed by atoms with Gasteiger partial charge in [0.15, 0.2) is 0 Å². The molecule has 0 aliphatic heterocycles. The van der Waals surface area contributed by atoms with Gasteiger partial charge in [0.2, 0.25) is 5.91 Å². The van der Waals surface area contributed by atoms with Crippen molar-refractivity contribution in [2.45, 2.75) is 12.8 Å². The van der Waals surface area contributed by atoms with Crippen molar-refractivity contribution in [2.24, 2.45) is 5.73 Å². The van der Waals surface area contributed by atoms with Crippen LogP contribution < -0.4 is 16.0 Å². The molecule has 0 saturated carbocycles. The minimum absolute atomic E-state index is 0.0651. The first-order valence-corrected chi connectivity index (χ1v) is 6.64. The molecule has 0 aliphatic rings. The van der Waals surface area contributed by atoms with E-state index in [1.165, 1.54) is 0 Å². The molecular weight excluding hydrogens is 252 g/mol. The molecule has 0 aromatic carbocycles. The molecule has 3 N–H and O–H groups in total. The van der Waals surface area contributed by atoms with E-state index >= 15 is 0 Å². The van der Waals surface area contributed by atoms with Crippen molar-refractivity contribution in [3.05, 3.63) is 43.6 Å². The average Bonchev–Trinajstić information content (AvgIpc) is 2.46. The predicted octanol–water partition coefficient (Wildman–Crippen LogP) is 1.94. The van der Waals surface area contributed by atoms with Crippen LogP contribution in [-0.2, 0) is 4.79 Å². The summed E-state index contributed by atoms with van der Waals surface area (Å²) in [7, 11) is 0. The van der Waals surface area contributed by atoms with E-state index in [2.05, 4.69) is 28.4 Å². The van der Waals surface area contributed by atoms with E-state index in [-0.39, 0.29) is 5.91 Å². The average molecular weight is 274 g/mol. The van der Waals surface area contributed by atoms with E-state index in [4.69, 9.17) is 5.73 Å². The molecule has 0 aliphatic carbocycles. The third-order valence-electron chi connectivity index (χ3n) is 2.69. The Hall–Kier alpha value is -2.14. The maximum absolute atomic E-state index is 11.6. The summed E-state index contributed by atoms with van der Waals surface area (Å²) in [5, 5.41) is 2.74. The lowest BCUT2D eigenvalue weighted by atomic mass is 10.3. The molecule has 5 heteroatoms. The van der Waals surface area contributed by atoms with Crippen molar-refractivity contribution < 1.29 is 4.79 Å². The van der Waals surface area contributed by atoms with Crippen LogP contribution in [0.3, 0.4) is 0 Å². The Balaban J connectivity index is 2.64. The number of amides is 1. The van der Waals surface area contributed by atoms with Crippen LogP contribution in [-0.4, -0.2) is 30.5 Å². The third kappa shape index (κ3) is 5.24. The summed E-state index contributed by atoms with van der Waals surface area (Å²) in [6.07, 6.45) is 6.47. The first kappa shape index (κ1) is 15.9. The van der Waals surface area contributed by atoms with Gasteiger partial charge in [-0.3, -0.25) is 4.79 Å². The van der Waals surface area contributed by atoms with Gasteiger partial charge in [-0.15, -0.1) is 13.2 Å². The van der Waals surface area contributed by atoms with Gasteiger partial charge in [0.1, 0.15) is 5.82 Å². The summed E-state index contributed by atoms with van der Waals surface area (Å²) in [4.78, 5) is 17.9. The number of pyridine rings is 1. The van der Waals surface area contributed by atoms with Crippen LogP contribution in [0.25, 0.3) is 0 Å². The molecule has 1 aromatic heterocycles. The van der Waals surface area contributed by atoms with Gasteiger partial charge in [-0.1, -0.05) is 12.2 Å².